The number of likely N-dealkylation sites (tertiary alicyclic amines) is 1. The predicted molar refractivity (Wildman–Crippen MR) is 119 cm³/mol. The molecule has 0 aromatic carbocycles. The van der Waals surface area contributed by atoms with Crippen molar-refractivity contribution in [2.75, 3.05) is 13.1 Å². The van der Waals surface area contributed by atoms with Gasteiger partial charge in [0.1, 0.15) is 17.9 Å². The van der Waals surface area contributed by atoms with E-state index in [4.69, 9.17) is 4.74 Å². The van der Waals surface area contributed by atoms with Crippen LogP contribution in [0.4, 0.5) is 8.78 Å². The number of carbonyl (C=O) groups is 2. The predicted octanol–water partition coefficient (Wildman–Crippen LogP) is 3.02. The molecule has 3 aliphatic heterocycles. The summed E-state index contributed by atoms with van der Waals surface area (Å²) in [6.07, 6.45) is 8.32. The summed E-state index contributed by atoms with van der Waals surface area (Å²) < 4.78 is 35.9. The SMILES string of the molecule is O=C(c1cnc2cccnn12)N1CCC2(CC1)OC1CC[C@@H](C3CC4C(F)=CC(F)=CC43)N1C2=O. The lowest BCUT2D eigenvalue weighted by atomic mass is 9.59. The Morgan fingerprint density at radius 2 is 2.03 bits per heavy atom. The molecule has 1 saturated carbocycles. The van der Waals surface area contributed by atoms with Gasteiger partial charge in [-0.1, -0.05) is 0 Å². The van der Waals surface area contributed by atoms with E-state index in [-0.39, 0.29) is 47.7 Å². The number of allylic oxidation sites excluding steroid dienone is 4. The molecule has 1 spiro atoms. The maximum absolute atomic E-state index is 14.1. The van der Waals surface area contributed by atoms with Crippen molar-refractivity contribution in [3.05, 3.63) is 54.0 Å². The molecule has 10 heteroatoms. The van der Waals surface area contributed by atoms with Crippen molar-refractivity contribution in [3.8, 4) is 0 Å². The number of hydrogen-bond donors (Lipinski definition) is 0. The Hall–Kier alpha value is -3.14. The van der Waals surface area contributed by atoms with Crippen LogP contribution in [0.15, 0.2) is 48.3 Å². The van der Waals surface area contributed by atoms with Crippen molar-refractivity contribution in [1.82, 2.24) is 24.4 Å². The first-order valence-corrected chi connectivity index (χ1v) is 12.3. The molecule has 182 valence electrons. The summed E-state index contributed by atoms with van der Waals surface area (Å²) in [5.74, 6) is -1.55. The van der Waals surface area contributed by atoms with Crippen LogP contribution in [0.3, 0.4) is 0 Å². The zero-order valence-corrected chi connectivity index (χ0v) is 19.0. The van der Waals surface area contributed by atoms with Crippen LogP contribution in [0.5, 0.6) is 0 Å². The highest BCUT2D eigenvalue weighted by molar-refractivity contribution is 5.94. The third-order valence-electron chi connectivity index (χ3n) is 8.68. The fraction of sp³-hybridized carbons (Fsp3) is 0.520. The summed E-state index contributed by atoms with van der Waals surface area (Å²) in [7, 11) is 0. The maximum Gasteiger partial charge on any atom is 0.274 e. The van der Waals surface area contributed by atoms with Gasteiger partial charge in [-0.15, -0.1) is 0 Å². The lowest BCUT2D eigenvalue weighted by Crippen LogP contribution is -2.55. The number of ether oxygens (including phenoxy) is 1. The van der Waals surface area contributed by atoms with Crippen LogP contribution in [-0.2, 0) is 9.53 Å². The van der Waals surface area contributed by atoms with Crippen LogP contribution < -0.4 is 0 Å². The van der Waals surface area contributed by atoms with Gasteiger partial charge in [-0.2, -0.15) is 5.10 Å². The number of nitrogens with zero attached hydrogens (tertiary/aromatic N) is 5. The molecular formula is C25H25F2N5O3. The third-order valence-corrected chi connectivity index (χ3v) is 8.68. The number of imidazole rings is 1. The van der Waals surface area contributed by atoms with Crippen molar-refractivity contribution in [2.45, 2.75) is 50.0 Å². The Morgan fingerprint density at radius 3 is 2.86 bits per heavy atom. The van der Waals surface area contributed by atoms with Gasteiger partial charge in [0.25, 0.3) is 11.8 Å². The Bertz CT molecular complexity index is 1300. The van der Waals surface area contributed by atoms with Gasteiger partial charge in [-0.05, 0) is 49.3 Å². The van der Waals surface area contributed by atoms with Crippen molar-refractivity contribution >= 4 is 17.5 Å². The minimum absolute atomic E-state index is 0.0340. The fourth-order valence-corrected chi connectivity index (χ4v) is 6.84. The molecule has 5 aliphatic rings. The quantitative estimate of drug-likeness (QED) is 0.659. The molecule has 2 aromatic rings. The number of aromatic nitrogens is 3. The summed E-state index contributed by atoms with van der Waals surface area (Å²) in [4.78, 5) is 34.7. The lowest BCUT2D eigenvalue weighted by molar-refractivity contribution is -0.143. The molecule has 0 bridgehead atoms. The first kappa shape index (κ1) is 21.2. The zero-order chi connectivity index (χ0) is 23.9. The highest BCUT2D eigenvalue weighted by atomic mass is 19.1. The van der Waals surface area contributed by atoms with Gasteiger partial charge in [-0.3, -0.25) is 9.59 Å². The number of amides is 2. The number of piperidine rings is 1. The minimum Gasteiger partial charge on any atom is -0.342 e. The average Bonchev–Trinajstić information content (AvgIpc) is 3.51. The molecule has 2 amide bonds. The van der Waals surface area contributed by atoms with E-state index >= 15 is 0 Å². The summed E-state index contributed by atoms with van der Waals surface area (Å²) in [5.41, 5.74) is 0.0656. The van der Waals surface area contributed by atoms with Crippen LogP contribution in [0.2, 0.25) is 0 Å². The van der Waals surface area contributed by atoms with E-state index in [1.807, 2.05) is 4.90 Å². The summed E-state index contributed by atoms with van der Waals surface area (Å²) in [5, 5.41) is 4.22. The van der Waals surface area contributed by atoms with Crippen molar-refractivity contribution in [3.63, 3.8) is 0 Å². The molecule has 35 heavy (non-hydrogen) atoms. The van der Waals surface area contributed by atoms with Gasteiger partial charge in [0.15, 0.2) is 16.9 Å². The van der Waals surface area contributed by atoms with Gasteiger partial charge < -0.3 is 14.5 Å². The number of hydrogen-bond acceptors (Lipinski definition) is 5. The summed E-state index contributed by atoms with van der Waals surface area (Å²) >= 11 is 0. The minimum atomic E-state index is -0.931. The maximum atomic E-state index is 14.1. The first-order valence-electron chi connectivity index (χ1n) is 12.3. The van der Waals surface area contributed by atoms with Gasteiger partial charge in [0.05, 0.1) is 6.20 Å². The number of halogens is 2. The van der Waals surface area contributed by atoms with Crippen LogP contribution >= 0.6 is 0 Å². The van der Waals surface area contributed by atoms with Crippen LogP contribution in [0, 0.1) is 17.8 Å². The second kappa shape index (κ2) is 7.43. The second-order valence-corrected chi connectivity index (χ2v) is 10.3. The van der Waals surface area contributed by atoms with E-state index in [0.717, 1.165) is 18.9 Å². The van der Waals surface area contributed by atoms with E-state index in [2.05, 4.69) is 10.1 Å². The smallest absolute Gasteiger partial charge is 0.274 e. The Morgan fingerprint density at radius 1 is 1.20 bits per heavy atom. The number of carbonyl (C=O) groups excluding carboxylic acids is 2. The Labute approximate surface area is 200 Å². The normalized spacial score (nSPS) is 33.4. The molecule has 7 rings (SSSR count). The lowest BCUT2D eigenvalue weighted by Gasteiger charge is -2.48. The molecule has 5 atom stereocenters. The highest BCUT2D eigenvalue weighted by Crippen LogP contribution is 2.55. The third kappa shape index (κ3) is 2.98. The van der Waals surface area contributed by atoms with Crippen molar-refractivity contribution in [1.29, 1.82) is 0 Å². The number of rotatable bonds is 2. The van der Waals surface area contributed by atoms with E-state index in [1.54, 1.807) is 23.2 Å². The van der Waals surface area contributed by atoms with Gasteiger partial charge in [-0.25, -0.2) is 18.3 Å². The Balaban J connectivity index is 1.06. The fourth-order valence-electron chi connectivity index (χ4n) is 6.84. The van der Waals surface area contributed by atoms with Crippen LogP contribution in [0.1, 0.15) is 42.6 Å². The molecule has 2 aliphatic carbocycles. The molecule has 0 N–H and O–H groups in total. The molecule has 4 unspecified atom stereocenters. The Kier molecular flexibility index (Phi) is 4.49. The second-order valence-electron chi connectivity index (χ2n) is 10.3. The number of fused-ring (bicyclic) bond motifs is 3. The topological polar surface area (TPSA) is 80.0 Å². The van der Waals surface area contributed by atoms with Gasteiger partial charge in [0.2, 0.25) is 0 Å². The first-order chi connectivity index (χ1) is 16.9. The molecule has 4 fully saturated rings. The van der Waals surface area contributed by atoms with E-state index in [9.17, 15) is 18.4 Å². The molecular weight excluding hydrogens is 456 g/mol. The van der Waals surface area contributed by atoms with Crippen LogP contribution in [-0.4, -0.2) is 67.2 Å². The van der Waals surface area contributed by atoms with E-state index in [0.29, 0.717) is 43.7 Å². The summed E-state index contributed by atoms with van der Waals surface area (Å²) in [6, 6.07) is 3.49. The largest absolute Gasteiger partial charge is 0.342 e. The molecule has 5 heterocycles. The average molecular weight is 482 g/mol. The highest BCUT2D eigenvalue weighted by Gasteiger charge is 2.61. The van der Waals surface area contributed by atoms with E-state index < -0.39 is 11.4 Å². The van der Waals surface area contributed by atoms with Crippen LogP contribution in [0.25, 0.3) is 5.65 Å². The van der Waals surface area contributed by atoms with Gasteiger partial charge >= 0.3 is 0 Å². The molecule has 0 radical (unpaired) electrons. The standard InChI is InChI=1S/C25H25F2N5O3/c26-14-10-15-16(18(27)11-14)12-17(15)19-3-4-22-31(19)24(34)25(35-22)5-8-30(9-6-25)23(33)20-13-28-21-2-1-7-29-32(20)21/h1-2,7,10-11,13,15-17,19,22H,3-6,8-9,12H2/t15?,16?,17?,19-,22?/m0/s1. The summed E-state index contributed by atoms with van der Waals surface area (Å²) in [6.45, 7) is 0.794. The molecule has 2 aromatic heterocycles. The van der Waals surface area contributed by atoms with E-state index in [1.165, 1.54) is 16.8 Å². The van der Waals surface area contributed by atoms with Crippen molar-refractivity contribution < 1.29 is 23.1 Å². The molecule has 8 nitrogen and oxygen atoms in total. The van der Waals surface area contributed by atoms with Gasteiger partial charge in [0, 0.05) is 50.2 Å². The zero-order valence-electron chi connectivity index (χ0n) is 19.0. The van der Waals surface area contributed by atoms with Crippen molar-refractivity contribution in [2.24, 2.45) is 17.8 Å². The molecule has 3 saturated heterocycles. The monoisotopic (exact) mass is 481 g/mol.